The van der Waals surface area contributed by atoms with Crippen LogP contribution < -0.4 is 10.6 Å². The highest BCUT2D eigenvalue weighted by Crippen LogP contribution is 2.69. The summed E-state index contributed by atoms with van der Waals surface area (Å²) in [4.78, 5) is 42.6. The first-order valence-electron chi connectivity index (χ1n) is 19.7. The molecule has 0 heterocycles. The average Bonchev–Trinajstić information content (AvgIpc) is 3.52. The Hall–Kier alpha value is -4.66. The Bertz CT molecular complexity index is 1870. The van der Waals surface area contributed by atoms with Crippen LogP contribution in [0.5, 0.6) is 0 Å². The van der Waals surface area contributed by atoms with Gasteiger partial charge in [0.2, 0.25) is 0 Å². The summed E-state index contributed by atoms with van der Waals surface area (Å²) in [6.45, 7) is 6.31. The second-order valence-electron chi connectivity index (χ2n) is 17.0. The summed E-state index contributed by atoms with van der Waals surface area (Å²) in [6.07, 6.45) is -7.31. The van der Waals surface area contributed by atoms with Crippen LogP contribution in [0, 0.1) is 46.3 Å². The molecule has 2 aromatic rings. The fourth-order valence-electron chi connectivity index (χ4n) is 11.3. The zero-order chi connectivity index (χ0) is 42.2. The highest BCUT2D eigenvalue weighted by Gasteiger charge is 2.67. The van der Waals surface area contributed by atoms with Crippen molar-refractivity contribution in [2.24, 2.45) is 51.5 Å². The molecule has 58 heavy (non-hydrogen) atoms. The predicted molar refractivity (Wildman–Crippen MR) is 200 cm³/mol. The smallest absolute Gasteiger partial charge is 0.416 e. The number of fused-ring (bicyclic) bond motifs is 5. The van der Waals surface area contributed by atoms with Crippen LogP contribution in [-0.4, -0.2) is 43.5 Å². The maximum Gasteiger partial charge on any atom is 0.416 e. The number of azide groups is 1. The minimum absolute atomic E-state index is 0.0248. The lowest BCUT2D eigenvalue weighted by atomic mass is 9.43. The Morgan fingerprint density at radius 3 is 1.95 bits per heavy atom. The van der Waals surface area contributed by atoms with Crippen LogP contribution in [0.15, 0.2) is 53.6 Å². The van der Waals surface area contributed by atoms with E-state index in [9.17, 15) is 46.3 Å². The summed E-state index contributed by atoms with van der Waals surface area (Å²) >= 11 is 0. The molecule has 0 aromatic heterocycles. The quantitative estimate of drug-likeness (QED) is 0.0641. The summed E-state index contributed by atoms with van der Waals surface area (Å²) in [6, 6.07) is 7.84. The minimum atomic E-state index is -4.55. The fraction of sp³-hybridized carbons (Fsp3) is 0.634. The van der Waals surface area contributed by atoms with E-state index in [1.165, 1.54) is 7.11 Å². The SMILES string of the molecule is COC(=O)CC[C@@H](C)[C@H]1CC[C@H]2[C@@H]3[C@H](OC(=O)Nc4ccc(C(F)(F)F)cc4)C[C@@H]4C[C@H](N=[N+]=[N-])CC[C@]4(C)[C@H]3C[C@H](OC(=O)Nc3ccc(C(F)(F)F)cc3)[C@]12C. The van der Waals surface area contributed by atoms with Crippen molar-refractivity contribution in [3.63, 3.8) is 0 Å². The van der Waals surface area contributed by atoms with Gasteiger partial charge in [-0.1, -0.05) is 25.9 Å². The van der Waals surface area contributed by atoms with Gasteiger partial charge in [-0.15, -0.1) is 0 Å². The second kappa shape index (κ2) is 16.5. The number of hydrogen-bond donors (Lipinski definition) is 2. The van der Waals surface area contributed by atoms with Gasteiger partial charge in [-0.05, 0) is 140 Å². The van der Waals surface area contributed by atoms with Crippen molar-refractivity contribution >= 4 is 29.5 Å². The Balaban J connectivity index is 1.33. The molecule has 11 atom stereocenters. The number of carbonyl (C=O) groups is 3. The number of methoxy groups -OCH3 is 1. The summed E-state index contributed by atoms with van der Waals surface area (Å²) < 4.78 is 97.0. The zero-order valence-corrected chi connectivity index (χ0v) is 32.7. The van der Waals surface area contributed by atoms with Crippen LogP contribution >= 0.6 is 0 Å². The molecule has 11 nitrogen and oxygen atoms in total. The van der Waals surface area contributed by atoms with Crippen LogP contribution in [0.3, 0.4) is 0 Å². The molecule has 4 saturated carbocycles. The van der Waals surface area contributed by atoms with E-state index in [1.807, 2.05) is 6.92 Å². The van der Waals surface area contributed by atoms with E-state index in [-0.39, 0.29) is 70.7 Å². The van der Waals surface area contributed by atoms with Gasteiger partial charge in [0, 0.05) is 40.1 Å². The maximum atomic E-state index is 13.7. The first-order valence-corrected chi connectivity index (χ1v) is 19.7. The lowest BCUT2D eigenvalue weighted by Gasteiger charge is -2.64. The fourth-order valence-corrected chi connectivity index (χ4v) is 11.3. The molecule has 0 saturated heterocycles. The van der Waals surface area contributed by atoms with Crippen LogP contribution in [0.25, 0.3) is 10.4 Å². The molecule has 0 unspecified atom stereocenters. The molecule has 2 amide bonds. The van der Waals surface area contributed by atoms with Crippen molar-refractivity contribution in [1.29, 1.82) is 0 Å². The molecular formula is C41H49F6N5O6. The Morgan fingerprint density at radius 1 is 0.845 bits per heavy atom. The molecule has 4 aliphatic carbocycles. The normalized spacial score (nSPS) is 32.2. The number of rotatable bonds is 9. The topological polar surface area (TPSA) is 152 Å². The predicted octanol–water partition coefficient (Wildman–Crippen LogP) is 11.4. The number of carbonyl (C=O) groups excluding carboxylic acids is 3. The third kappa shape index (κ3) is 8.69. The zero-order valence-electron chi connectivity index (χ0n) is 32.7. The van der Waals surface area contributed by atoms with Gasteiger partial charge in [0.15, 0.2) is 0 Å². The van der Waals surface area contributed by atoms with Gasteiger partial charge >= 0.3 is 30.5 Å². The van der Waals surface area contributed by atoms with Crippen molar-refractivity contribution in [2.75, 3.05) is 17.7 Å². The Morgan fingerprint density at radius 2 is 1.41 bits per heavy atom. The van der Waals surface area contributed by atoms with E-state index >= 15 is 0 Å². The van der Waals surface area contributed by atoms with Gasteiger partial charge in [0.25, 0.3) is 0 Å². The van der Waals surface area contributed by atoms with Crippen molar-refractivity contribution in [3.8, 4) is 0 Å². The lowest BCUT2D eigenvalue weighted by Crippen LogP contribution is -2.63. The van der Waals surface area contributed by atoms with E-state index in [0.29, 0.717) is 44.9 Å². The summed E-state index contributed by atoms with van der Waals surface area (Å²) in [5.74, 6) is -1.04. The van der Waals surface area contributed by atoms with Gasteiger partial charge in [-0.3, -0.25) is 15.4 Å². The molecule has 0 spiro atoms. The van der Waals surface area contributed by atoms with Crippen molar-refractivity contribution in [2.45, 2.75) is 109 Å². The van der Waals surface area contributed by atoms with Gasteiger partial charge in [0.05, 0.1) is 18.2 Å². The number of ether oxygens (including phenoxy) is 3. The second-order valence-corrected chi connectivity index (χ2v) is 17.0. The third-order valence-corrected chi connectivity index (χ3v) is 14.1. The van der Waals surface area contributed by atoms with E-state index in [2.05, 4.69) is 34.5 Å². The molecule has 0 radical (unpaired) electrons. The number of nitrogens with zero attached hydrogens (tertiary/aromatic N) is 3. The third-order valence-electron chi connectivity index (χ3n) is 14.1. The van der Waals surface area contributed by atoms with E-state index < -0.39 is 53.3 Å². The van der Waals surface area contributed by atoms with Gasteiger partial charge in [-0.25, -0.2) is 9.59 Å². The van der Waals surface area contributed by atoms with Crippen molar-refractivity contribution in [1.82, 2.24) is 0 Å². The highest BCUT2D eigenvalue weighted by molar-refractivity contribution is 5.85. The molecule has 0 bridgehead atoms. The number of benzene rings is 2. The molecule has 2 N–H and O–H groups in total. The minimum Gasteiger partial charge on any atom is -0.469 e. The molecular weight excluding hydrogens is 772 g/mol. The molecule has 4 aliphatic rings. The van der Waals surface area contributed by atoms with Crippen LogP contribution in [0.2, 0.25) is 0 Å². The lowest BCUT2D eigenvalue weighted by molar-refractivity contribution is -0.200. The van der Waals surface area contributed by atoms with Crippen molar-refractivity contribution in [3.05, 3.63) is 70.1 Å². The number of halogens is 6. The number of amides is 2. The number of alkyl halides is 6. The highest BCUT2D eigenvalue weighted by atomic mass is 19.4. The van der Waals surface area contributed by atoms with Gasteiger partial charge < -0.3 is 14.2 Å². The van der Waals surface area contributed by atoms with Crippen LogP contribution in [-0.2, 0) is 31.4 Å². The molecule has 6 rings (SSSR count). The number of hydrogen-bond acceptors (Lipinski definition) is 7. The number of esters is 1. The average molecular weight is 822 g/mol. The molecule has 4 fully saturated rings. The summed E-state index contributed by atoms with van der Waals surface area (Å²) in [5, 5.41) is 9.23. The monoisotopic (exact) mass is 821 g/mol. The first-order chi connectivity index (χ1) is 27.3. The molecule has 0 aliphatic heterocycles. The van der Waals surface area contributed by atoms with E-state index in [4.69, 9.17) is 14.2 Å². The molecule has 316 valence electrons. The van der Waals surface area contributed by atoms with Crippen LogP contribution in [0.1, 0.15) is 89.7 Å². The van der Waals surface area contributed by atoms with Gasteiger partial charge in [0.1, 0.15) is 12.2 Å². The maximum absolute atomic E-state index is 13.7. The largest absolute Gasteiger partial charge is 0.469 e. The Labute approximate surface area is 332 Å². The van der Waals surface area contributed by atoms with E-state index in [0.717, 1.165) is 55.0 Å². The van der Waals surface area contributed by atoms with Gasteiger partial charge in [-0.2, -0.15) is 26.3 Å². The Kier molecular flexibility index (Phi) is 12.2. The molecule has 17 heteroatoms. The van der Waals surface area contributed by atoms with Crippen molar-refractivity contribution < 1.29 is 54.9 Å². The summed E-state index contributed by atoms with van der Waals surface area (Å²) in [5.41, 5.74) is 6.74. The standard InChI is InChI=1S/C41H49F6N5O6/c1-22(5-16-34(53)56-4)29-14-15-30-35-31(21-33(39(29,30)3)58-37(55)50-27-12-8-24(9-13-27)41(45,46)47)38(2)18-17-28(51-52-48)19-25(38)20-32(35)57-36(54)49-26-10-6-23(7-11-26)40(42,43)44/h6-13,22,25,28-33,35H,5,14-21H2,1-4H3,(H,49,54)(H,50,55)/t22-,25+,28-,29-,30+,31+,32-,33+,35+,38+,39-/m1/s1. The number of nitrogens with one attached hydrogen (secondary N) is 2. The molecule has 2 aromatic carbocycles. The summed E-state index contributed by atoms with van der Waals surface area (Å²) in [7, 11) is 1.32. The van der Waals surface area contributed by atoms with E-state index in [1.54, 1.807) is 0 Å². The number of anilines is 2. The first kappa shape index (κ1) is 42.9. The van der Waals surface area contributed by atoms with Crippen LogP contribution in [0.4, 0.5) is 47.3 Å².